The van der Waals surface area contributed by atoms with E-state index in [2.05, 4.69) is 15.7 Å². The summed E-state index contributed by atoms with van der Waals surface area (Å²) in [6.45, 7) is 4.80. The number of hydrogen-bond donors (Lipinski definition) is 3. The zero-order chi connectivity index (χ0) is 15.4. The second-order valence-electron chi connectivity index (χ2n) is 5.49. The number of nitrogens with two attached hydrogens (primary N) is 1. The van der Waals surface area contributed by atoms with Gasteiger partial charge in [0.2, 0.25) is 5.91 Å². The summed E-state index contributed by atoms with van der Waals surface area (Å²) in [4.78, 5) is 24.0. The molecule has 1 saturated carbocycles. The van der Waals surface area contributed by atoms with Gasteiger partial charge < -0.3 is 16.4 Å². The second-order valence-corrected chi connectivity index (χ2v) is 5.49. The summed E-state index contributed by atoms with van der Waals surface area (Å²) in [7, 11) is 0. The molecule has 2 rings (SSSR count). The molecule has 4 N–H and O–H groups in total. The van der Waals surface area contributed by atoms with E-state index in [0.29, 0.717) is 18.7 Å². The fraction of sp³-hybridized carbons (Fsp3) is 0.643. The molecule has 1 fully saturated rings. The molecule has 1 aromatic rings. The molecule has 21 heavy (non-hydrogen) atoms. The van der Waals surface area contributed by atoms with Gasteiger partial charge >= 0.3 is 0 Å². The Morgan fingerprint density at radius 1 is 1.52 bits per heavy atom. The third-order valence-electron chi connectivity index (χ3n) is 3.59. The lowest BCUT2D eigenvalue weighted by molar-refractivity contribution is -0.122. The molecule has 7 nitrogen and oxygen atoms in total. The van der Waals surface area contributed by atoms with Crippen LogP contribution in [0.5, 0.6) is 0 Å². The normalized spacial score (nSPS) is 15.6. The number of nitrogens with zero attached hydrogens (tertiary/aromatic N) is 2. The number of carbonyl (C=O) groups is 2. The van der Waals surface area contributed by atoms with Gasteiger partial charge in [-0.05, 0) is 39.7 Å². The van der Waals surface area contributed by atoms with Crippen LogP contribution in [-0.4, -0.2) is 40.2 Å². The van der Waals surface area contributed by atoms with Crippen LogP contribution in [0.2, 0.25) is 0 Å². The summed E-state index contributed by atoms with van der Waals surface area (Å²) < 4.78 is 1.76. The van der Waals surface area contributed by atoms with Crippen LogP contribution in [0.1, 0.15) is 42.2 Å². The lowest BCUT2D eigenvalue weighted by atomic mass is 10.2. The van der Waals surface area contributed by atoms with Crippen molar-refractivity contribution in [3.05, 3.63) is 17.5 Å². The first-order valence-corrected chi connectivity index (χ1v) is 7.36. The van der Waals surface area contributed by atoms with Gasteiger partial charge in [-0.2, -0.15) is 5.10 Å². The van der Waals surface area contributed by atoms with E-state index in [0.717, 1.165) is 25.0 Å². The molecule has 1 atom stereocenters. The second kappa shape index (κ2) is 6.71. The van der Waals surface area contributed by atoms with Crippen LogP contribution < -0.4 is 16.4 Å². The molecular formula is C14H23N5O2. The smallest absolute Gasteiger partial charge is 0.255 e. The Kier molecular flexibility index (Phi) is 4.95. The van der Waals surface area contributed by atoms with E-state index >= 15 is 0 Å². The monoisotopic (exact) mass is 293 g/mol. The Balaban J connectivity index is 1.92. The van der Waals surface area contributed by atoms with Crippen LogP contribution in [-0.2, 0) is 11.3 Å². The molecule has 0 spiro atoms. The predicted octanol–water partition coefficient (Wildman–Crippen LogP) is -0.0628. The standard InChI is InChI=1S/C14H23N5O2/c1-9(13(20)18-11-4-5-11)17-14(21)12-8-16-19(10(12)2)7-3-6-15/h8-9,11H,3-7,15H2,1-2H3,(H,17,21)(H,18,20). The summed E-state index contributed by atoms with van der Waals surface area (Å²) in [5.41, 5.74) is 6.76. The number of rotatable bonds is 7. The number of carbonyl (C=O) groups excluding carboxylic acids is 2. The summed E-state index contributed by atoms with van der Waals surface area (Å²) in [6.07, 6.45) is 4.40. The van der Waals surface area contributed by atoms with Crippen molar-refractivity contribution in [2.45, 2.75) is 51.7 Å². The predicted molar refractivity (Wildman–Crippen MR) is 78.7 cm³/mol. The highest BCUT2D eigenvalue weighted by molar-refractivity contribution is 5.98. The lowest BCUT2D eigenvalue weighted by Gasteiger charge is -2.13. The summed E-state index contributed by atoms with van der Waals surface area (Å²) >= 11 is 0. The van der Waals surface area contributed by atoms with Crippen LogP contribution in [0.25, 0.3) is 0 Å². The molecule has 0 aliphatic heterocycles. The first kappa shape index (κ1) is 15.5. The number of amides is 2. The number of aryl methyl sites for hydroxylation is 1. The van der Waals surface area contributed by atoms with Crippen molar-refractivity contribution < 1.29 is 9.59 Å². The molecule has 0 saturated heterocycles. The van der Waals surface area contributed by atoms with Gasteiger partial charge in [0.05, 0.1) is 11.8 Å². The van der Waals surface area contributed by atoms with E-state index in [1.54, 1.807) is 11.6 Å². The largest absolute Gasteiger partial charge is 0.352 e. The van der Waals surface area contributed by atoms with Crippen molar-refractivity contribution in [1.82, 2.24) is 20.4 Å². The van der Waals surface area contributed by atoms with Crippen molar-refractivity contribution in [2.24, 2.45) is 5.73 Å². The molecule has 0 radical (unpaired) electrons. The van der Waals surface area contributed by atoms with Crippen LogP contribution in [0.3, 0.4) is 0 Å². The molecule has 1 heterocycles. The maximum Gasteiger partial charge on any atom is 0.255 e. The average molecular weight is 293 g/mol. The van der Waals surface area contributed by atoms with E-state index in [9.17, 15) is 9.59 Å². The summed E-state index contributed by atoms with van der Waals surface area (Å²) in [5, 5.41) is 9.76. The van der Waals surface area contributed by atoms with Crippen LogP contribution in [0, 0.1) is 6.92 Å². The zero-order valence-electron chi connectivity index (χ0n) is 12.6. The van der Waals surface area contributed by atoms with Crippen LogP contribution >= 0.6 is 0 Å². The molecular weight excluding hydrogens is 270 g/mol. The zero-order valence-corrected chi connectivity index (χ0v) is 12.6. The van der Waals surface area contributed by atoms with Gasteiger partial charge in [-0.1, -0.05) is 0 Å². The fourth-order valence-corrected chi connectivity index (χ4v) is 2.03. The van der Waals surface area contributed by atoms with Gasteiger partial charge in [0, 0.05) is 18.3 Å². The maximum absolute atomic E-state index is 12.2. The van der Waals surface area contributed by atoms with Crippen LogP contribution in [0.15, 0.2) is 6.20 Å². The van der Waals surface area contributed by atoms with Crippen molar-refractivity contribution in [3.63, 3.8) is 0 Å². The number of hydrogen-bond acceptors (Lipinski definition) is 4. The molecule has 116 valence electrons. The lowest BCUT2D eigenvalue weighted by Crippen LogP contribution is -2.45. The fourth-order valence-electron chi connectivity index (χ4n) is 2.03. The highest BCUT2D eigenvalue weighted by Gasteiger charge is 2.26. The Bertz CT molecular complexity index is 521. The van der Waals surface area contributed by atoms with Gasteiger partial charge in [-0.25, -0.2) is 0 Å². The summed E-state index contributed by atoms with van der Waals surface area (Å²) in [6, 6.07) is -0.262. The van der Waals surface area contributed by atoms with E-state index in [1.807, 2.05) is 6.92 Å². The van der Waals surface area contributed by atoms with Crippen molar-refractivity contribution in [2.75, 3.05) is 6.54 Å². The average Bonchev–Trinajstić information content (AvgIpc) is 3.18. The SMILES string of the molecule is Cc1c(C(=O)NC(C)C(=O)NC2CC2)cnn1CCCN. The van der Waals surface area contributed by atoms with Crippen molar-refractivity contribution >= 4 is 11.8 Å². The molecule has 1 aliphatic rings. The van der Waals surface area contributed by atoms with Crippen molar-refractivity contribution in [1.29, 1.82) is 0 Å². The molecule has 0 bridgehead atoms. The molecule has 1 aromatic heterocycles. The highest BCUT2D eigenvalue weighted by Crippen LogP contribution is 2.18. The minimum Gasteiger partial charge on any atom is -0.352 e. The molecule has 2 amide bonds. The molecule has 0 aromatic carbocycles. The van der Waals surface area contributed by atoms with E-state index < -0.39 is 6.04 Å². The quantitative estimate of drug-likeness (QED) is 0.655. The first-order chi connectivity index (χ1) is 10.0. The molecule has 1 unspecified atom stereocenters. The Morgan fingerprint density at radius 2 is 2.24 bits per heavy atom. The van der Waals surface area contributed by atoms with Crippen molar-refractivity contribution in [3.8, 4) is 0 Å². The van der Waals surface area contributed by atoms with Gasteiger partial charge in [0.1, 0.15) is 6.04 Å². The minimum absolute atomic E-state index is 0.140. The van der Waals surface area contributed by atoms with Crippen LogP contribution in [0.4, 0.5) is 0 Å². The third-order valence-corrected chi connectivity index (χ3v) is 3.59. The number of aromatic nitrogens is 2. The molecule has 7 heteroatoms. The molecule has 1 aliphatic carbocycles. The van der Waals surface area contributed by atoms with E-state index in [4.69, 9.17) is 5.73 Å². The Morgan fingerprint density at radius 3 is 2.86 bits per heavy atom. The maximum atomic E-state index is 12.2. The number of nitrogens with one attached hydrogen (secondary N) is 2. The van der Waals surface area contributed by atoms with Gasteiger partial charge in [-0.3, -0.25) is 14.3 Å². The third kappa shape index (κ3) is 4.04. The van der Waals surface area contributed by atoms with E-state index in [-0.39, 0.29) is 17.9 Å². The van der Waals surface area contributed by atoms with E-state index in [1.165, 1.54) is 6.20 Å². The first-order valence-electron chi connectivity index (χ1n) is 7.36. The minimum atomic E-state index is -0.551. The topological polar surface area (TPSA) is 102 Å². The van der Waals surface area contributed by atoms with Gasteiger partial charge in [-0.15, -0.1) is 0 Å². The van der Waals surface area contributed by atoms with Gasteiger partial charge in [0.15, 0.2) is 0 Å². The van der Waals surface area contributed by atoms with Gasteiger partial charge in [0.25, 0.3) is 5.91 Å². The Labute approximate surface area is 124 Å². The Hall–Kier alpha value is -1.89. The summed E-state index contributed by atoms with van der Waals surface area (Å²) in [5.74, 6) is -0.413. The highest BCUT2D eigenvalue weighted by atomic mass is 16.2.